The van der Waals surface area contributed by atoms with E-state index in [1.165, 1.54) is 11.3 Å². The van der Waals surface area contributed by atoms with Crippen molar-refractivity contribution < 1.29 is 14.4 Å². The predicted octanol–water partition coefficient (Wildman–Crippen LogP) is -0.295. The van der Waals surface area contributed by atoms with Crippen LogP contribution < -0.4 is 16.0 Å². The number of aromatic nitrogens is 2. The van der Waals surface area contributed by atoms with Gasteiger partial charge in [0.2, 0.25) is 5.91 Å². The molecule has 0 saturated carbocycles. The Kier molecular flexibility index (Phi) is 4.61. The van der Waals surface area contributed by atoms with E-state index in [1.807, 2.05) is 6.92 Å². The minimum atomic E-state index is -0.624. The monoisotopic (exact) mass is 297 g/mol. The van der Waals surface area contributed by atoms with Crippen LogP contribution in [0.4, 0.5) is 4.79 Å². The topological polar surface area (TPSA) is 113 Å². The number of urea groups is 1. The molecular weight excluding hydrogens is 282 g/mol. The molecule has 1 aromatic rings. The van der Waals surface area contributed by atoms with Gasteiger partial charge in [-0.15, -0.1) is 10.2 Å². The van der Waals surface area contributed by atoms with E-state index in [0.717, 1.165) is 16.4 Å². The predicted molar refractivity (Wildman–Crippen MR) is 70.8 cm³/mol. The number of amides is 4. The molecular formula is C11H15N5O3S. The second kappa shape index (κ2) is 6.42. The average molecular weight is 297 g/mol. The Morgan fingerprint density at radius 1 is 1.35 bits per heavy atom. The first kappa shape index (κ1) is 14.4. The molecule has 4 amide bonds. The van der Waals surface area contributed by atoms with E-state index in [0.29, 0.717) is 6.54 Å². The van der Waals surface area contributed by atoms with Gasteiger partial charge in [-0.3, -0.25) is 14.9 Å². The summed E-state index contributed by atoms with van der Waals surface area (Å²) in [5.74, 6) is -0.577. The van der Waals surface area contributed by atoms with Gasteiger partial charge in [-0.05, 0) is 12.8 Å². The molecule has 1 aliphatic rings. The second-order valence-corrected chi connectivity index (χ2v) is 5.42. The van der Waals surface area contributed by atoms with Gasteiger partial charge in [0.15, 0.2) is 0 Å². The van der Waals surface area contributed by atoms with E-state index in [1.54, 1.807) is 0 Å². The lowest BCUT2D eigenvalue weighted by molar-refractivity contribution is -0.122. The first-order chi connectivity index (χ1) is 9.58. The van der Waals surface area contributed by atoms with Crippen LogP contribution in [0.15, 0.2) is 0 Å². The van der Waals surface area contributed by atoms with Crippen molar-refractivity contribution in [2.45, 2.75) is 38.8 Å². The number of carbonyl (C=O) groups is 3. The largest absolute Gasteiger partial charge is 0.350 e. The fourth-order valence-corrected chi connectivity index (χ4v) is 2.43. The molecule has 1 aliphatic heterocycles. The van der Waals surface area contributed by atoms with Gasteiger partial charge in [0.05, 0.1) is 6.54 Å². The Balaban J connectivity index is 1.70. The van der Waals surface area contributed by atoms with E-state index < -0.39 is 12.1 Å². The summed E-state index contributed by atoms with van der Waals surface area (Å²) < 4.78 is 0. The van der Waals surface area contributed by atoms with Gasteiger partial charge in [-0.2, -0.15) is 0 Å². The van der Waals surface area contributed by atoms with Crippen LogP contribution in [0.3, 0.4) is 0 Å². The van der Waals surface area contributed by atoms with Crippen LogP contribution in [0.2, 0.25) is 0 Å². The van der Waals surface area contributed by atoms with E-state index in [-0.39, 0.29) is 24.7 Å². The standard InChI is InChI=1S/C11H15N5O3S/c1-2-8-15-16-9(20-8)5-12-7(17)4-3-6-10(18)14-11(19)13-6/h6H,2-5H2,1H3,(H,12,17)(H2,13,14,18,19). The molecule has 1 aromatic heterocycles. The average Bonchev–Trinajstić information content (AvgIpc) is 3.00. The molecule has 9 heteroatoms. The fourth-order valence-electron chi connectivity index (χ4n) is 1.70. The first-order valence-corrected chi connectivity index (χ1v) is 7.09. The van der Waals surface area contributed by atoms with Crippen LogP contribution in [0.25, 0.3) is 0 Å². The summed E-state index contributed by atoms with van der Waals surface area (Å²) in [7, 11) is 0. The van der Waals surface area contributed by atoms with Crippen molar-refractivity contribution in [1.82, 2.24) is 26.1 Å². The van der Waals surface area contributed by atoms with Crippen LogP contribution in [-0.4, -0.2) is 34.1 Å². The summed E-state index contributed by atoms with van der Waals surface area (Å²) in [4.78, 5) is 33.8. The molecule has 20 heavy (non-hydrogen) atoms. The molecule has 2 heterocycles. The van der Waals surface area contributed by atoms with Gasteiger partial charge < -0.3 is 10.6 Å². The minimum absolute atomic E-state index is 0.164. The quantitative estimate of drug-likeness (QED) is 0.624. The molecule has 1 atom stereocenters. The molecule has 0 radical (unpaired) electrons. The Hall–Kier alpha value is -2.03. The van der Waals surface area contributed by atoms with Gasteiger partial charge in [0.25, 0.3) is 5.91 Å². The lowest BCUT2D eigenvalue weighted by Gasteiger charge is -2.06. The van der Waals surface area contributed by atoms with Crippen molar-refractivity contribution in [2.24, 2.45) is 0 Å². The van der Waals surface area contributed by atoms with Gasteiger partial charge >= 0.3 is 6.03 Å². The third-order valence-corrected chi connectivity index (χ3v) is 3.83. The molecule has 2 rings (SSSR count). The summed E-state index contributed by atoms with van der Waals surface area (Å²) in [6, 6.07) is -1.14. The number of rotatable bonds is 6. The SMILES string of the molecule is CCc1nnc(CNC(=O)CCC2NC(=O)NC2=O)s1. The lowest BCUT2D eigenvalue weighted by Crippen LogP contribution is -2.31. The Morgan fingerprint density at radius 2 is 2.10 bits per heavy atom. The van der Waals surface area contributed by atoms with Crippen LogP contribution in [0.5, 0.6) is 0 Å². The number of aryl methyl sites for hydroxylation is 1. The van der Waals surface area contributed by atoms with Crippen LogP contribution in [0, 0.1) is 0 Å². The van der Waals surface area contributed by atoms with Crippen molar-refractivity contribution in [3.63, 3.8) is 0 Å². The van der Waals surface area contributed by atoms with Crippen LogP contribution >= 0.6 is 11.3 Å². The number of hydrogen-bond acceptors (Lipinski definition) is 6. The number of carbonyl (C=O) groups excluding carboxylic acids is 3. The lowest BCUT2D eigenvalue weighted by atomic mass is 10.1. The summed E-state index contributed by atoms with van der Waals surface area (Å²) in [6.45, 7) is 2.32. The van der Waals surface area contributed by atoms with Gasteiger partial charge in [0, 0.05) is 6.42 Å². The summed E-state index contributed by atoms with van der Waals surface area (Å²) >= 11 is 1.46. The number of nitrogens with one attached hydrogen (secondary N) is 3. The maximum absolute atomic E-state index is 11.6. The fraction of sp³-hybridized carbons (Fsp3) is 0.545. The minimum Gasteiger partial charge on any atom is -0.350 e. The molecule has 0 spiro atoms. The zero-order valence-corrected chi connectivity index (χ0v) is 11.7. The summed E-state index contributed by atoms with van der Waals surface area (Å²) in [6.07, 6.45) is 1.26. The normalized spacial score (nSPS) is 17.8. The van der Waals surface area contributed by atoms with Crippen LogP contribution in [-0.2, 0) is 22.6 Å². The molecule has 0 aromatic carbocycles. The highest BCUT2D eigenvalue weighted by Crippen LogP contribution is 2.09. The highest BCUT2D eigenvalue weighted by Gasteiger charge is 2.29. The molecule has 3 N–H and O–H groups in total. The molecule has 0 aliphatic carbocycles. The third kappa shape index (κ3) is 3.73. The Labute approximate surface area is 119 Å². The third-order valence-electron chi connectivity index (χ3n) is 2.77. The maximum Gasteiger partial charge on any atom is 0.322 e. The maximum atomic E-state index is 11.6. The van der Waals surface area contributed by atoms with Crippen molar-refractivity contribution in [1.29, 1.82) is 0 Å². The highest BCUT2D eigenvalue weighted by molar-refractivity contribution is 7.11. The van der Waals surface area contributed by atoms with Crippen molar-refractivity contribution in [3.05, 3.63) is 10.0 Å². The van der Waals surface area contributed by atoms with Gasteiger partial charge in [0.1, 0.15) is 16.1 Å². The smallest absolute Gasteiger partial charge is 0.322 e. The summed E-state index contributed by atoms with van der Waals surface area (Å²) in [5.41, 5.74) is 0. The van der Waals surface area contributed by atoms with Crippen molar-refractivity contribution in [3.8, 4) is 0 Å². The number of nitrogens with zero attached hydrogens (tertiary/aromatic N) is 2. The van der Waals surface area contributed by atoms with Crippen LogP contribution in [0.1, 0.15) is 29.8 Å². The van der Waals surface area contributed by atoms with E-state index >= 15 is 0 Å². The zero-order chi connectivity index (χ0) is 14.5. The van der Waals surface area contributed by atoms with Crippen molar-refractivity contribution in [2.75, 3.05) is 0 Å². The van der Waals surface area contributed by atoms with Gasteiger partial charge in [-0.1, -0.05) is 18.3 Å². The molecule has 1 fully saturated rings. The first-order valence-electron chi connectivity index (χ1n) is 6.27. The zero-order valence-electron chi connectivity index (χ0n) is 10.9. The highest BCUT2D eigenvalue weighted by atomic mass is 32.1. The van der Waals surface area contributed by atoms with E-state index in [4.69, 9.17) is 0 Å². The molecule has 1 saturated heterocycles. The molecule has 108 valence electrons. The number of hydrogen-bond donors (Lipinski definition) is 3. The summed E-state index contributed by atoms with van der Waals surface area (Å²) in [5, 5.41) is 16.9. The van der Waals surface area contributed by atoms with Gasteiger partial charge in [-0.25, -0.2) is 4.79 Å². The molecule has 1 unspecified atom stereocenters. The van der Waals surface area contributed by atoms with Crippen molar-refractivity contribution >= 4 is 29.2 Å². The van der Waals surface area contributed by atoms with E-state index in [9.17, 15) is 14.4 Å². The Morgan fingerprint density at radius 3 is 2.70 bits per heavy atom. The molecule has 8 nitrogen and oxygen atoms in total. The Bertz CT molecular complexity index is 530. The molecule has 0 bridgehead atoms. The number of imide groups is 1. The second-order valence-electron chi connectivity index (χ2n) is 4.27. The van der Waals surface area contributed by atoms with E-state index in [2.05, 4.69) is 26.1 Å².